The molecule has 61 heavy (non-hydrogen) atoms. The van der Waals surface area contributed by atoms with E-state index in [0.29, 0.717) is 34.5 Å². The van der Waals surface area contributed by atoms with Gasteiger partial charge in [0, 0.05) is 22.1 Å². The highest BCUT2D eigenvalue weighted by atomic mass is 16.4. The molecule has 10 nitrogen and oxygen atoms in total. The van der Waals surface area contributed by atoms with Gasteiger partial charge in [-0.3, -0.25) is 0 Å². The first-order valence-electron chi connectivity index (χ1n) is 19.3. The van der Waals surface area contributed by atoms with Gasteiger partial charge in [0.1, 0.15) is 19.2 Å². The minimum absolute atomic E-state index is 0.195. The fraction of sp³-hybridized carbons (Fsp3) is 0.0400. The van der Waals surface area contributed by atoms with Crippen molar-refractivity contribution in [3.63, 3.8) is 0 Å². The summed E-state index contributed by atoms with van der Waals surface area (Å²) in [5.74, 6) is -6.67. The van der Waals surface area contributed by atoms with Gasteiger partial charge in [-0.15, -0.1) is 0 Å². The molecule has 0 atom stereocenters. The van der Waals surface area contributed by atoms with Crippen LogP contribution in [0, 0.1) is 0 Å². The van der Waals surface area contributed by atoms with Crippen LogP contribution in [0.3, 0.4) is 0 Å². The van der Waals surface area contributed by atoms with Crippen LogP contribution in [-0.4, -0.2) is 53.8 Å². The average molecular weight is 809 g/mol. The molecule has 0 fully saturated rings. The number of hydrogen-bond acceptors (Lipinski definition) is 10. The number of furan rings is 1. The zero-order valence-corrected chi connectivity index (χ0v) is 32.8. The lowest BCUT2D eigenvalue weighted by Gasteiger charge is -2.21. The molecule has 0 aliphatic heterocycles. The topological polar surface area (TPSA) is 195 Å². The van der Waals surface area contributed by atoms with E-state index in [9.17, 15) is 46.0 Å². The first kappa shape index (κ1) is 38.3. The van der Waals surface area contributed by atoms with E-state index >= 15 is 0 Å². The number of rotatable bonds is 6. The zero-order chi connectivity index (χ0) is 43.0. The second-order valence-electron chi connectivity index (χ2n) is 15.0. The summed E-state index contributed by atoms with van der Waals surface area (Å²) < 4.78 is 6.61. The van der Waals surface area contributed by atoms with Gasteiger partial charge in [-0.25, -0.2) is 0 Å². The Hall–Kier alpha value is -8.18. The second kappa shape index (κ2) is 14.3. The molecule has 0 radical (unpaired) electrons. The summed E-state index contributed by atoms with van der Waals surface area (Å²) in [6.07, 6.45) is 7.89. The lowest BCUT2D eigenvalue weighted by Crippen LogP contribution is -2.12. The summed E-state index contributed by atoms with van der Waals surface area (Å²) in [5, 5.41) is 97.8. The third-order valence-electron chi connectivity index (χ3n) is 11.6. The van der Waals surface area contributed by atoms with Crippen molar-refractivity contribution in [3.05, 3.63) is 131 Å². The summed E-state index contributed by atoms with van der Waals surface area (Å²) in [4.78, 5) is 0. The fourth-order valence-electron chi connectivity index (χ4n) is 8.75. The molecule has 0 spiro atoms. The number of hydrogen-bond donors (Lipinski definition) is 9. The second-order valence-corrected chi connectivity index (χ2v) is 15.0. The van der Waals surface area contributed by atoms with Crippen LogP contribution in [0.1, 0.15) is 34.7 Å². The third-order valence-corrected chi connectivity index (χ3v) is 11.6. The Bertz CT molecular complexity index is 3210. The maximum atomic E-state index is 11.2. The van der Waals surface area contributed by atoms with Crippen molar-refractivity contribution in [2.24, 2.45) is 0 Å². The Morgan fingerprint density at radius 1 is 0.557 bits per heavy atom. The van der Waals surface area contributed by atoms with Crippen LogP contribution in [0.5, 0.6) is 51.7 Å². The zero-order valence-electron chi connectivity index (χ0n) is 32.8. The molecule has 9 rings (SSSR count). The summed E-state index contributed by atoms with van der Waals surface area (Å²) in [5.41, 5.74) is 8.83. The SMILES string of the molecule is Bc1c(O)c(O)c(O)c(O)c1C1=Cc2c(oc3ccc(-c4c(C=C)c(/C=C\C)c(-c5cccc(-c6c(O)c(O)c(O)c(O)c6O)c5)c5ccccc45)cc23)-c2ccccc2C1. The first-order chi connectivity index (χ1) is 29.4. The highest BCUT2D eigenvalue weighted by Gasteiger charge is 2.29. The van der Waals surface area contributed by atoms with Crippen molar-refractivity contribution in [3.8, 4) is 96.5 Å². The van der Waals surface area contributed by atoms with Crippen LogP contribution in [0.25, 0.3) is 90.2 Å². The Balaban J connectivity index is 1.30. The van der Waals surface area contributed by atoms with Gasteiger partial charge in [-0.05, 0) is 104 Å². The van der Waals surface area contributed by atoms with Crippen LogP contribution in [-0.2, 0) is 6.42 Å². The maximum absolute atomic E-state index is 11.2. The minimum Gasteiger partial charge on any atom is -0.505 e. The van der Waals surface area contributed by atoms with Crippen molar-refractivity contribution in [2.75, 3.05) is 0 Å². The van der Waals surface area contributed by atoms with Gasteiger partial charge >= 0.3 is 0 Å². The van der Waals surface area contributed by atoms with Crippen molar-refractivity contribution < 1.29 is 50.4 Å². The van der Waals surface area contributed by atoms with Crippen LogP contribution in [0.4, 0.5) is 0 Å². The number of phenolic OH excluding ortho intramolecular Hbond substituents is 9. The molecule has 7 aromatic carbocycles. The monoisotopic (exact) mass is 808 g/mol. The first-order valence-corrected chi connectivity index (χ1v) is 19.3. The lowest BCUT2D eigenvalue weighted by atomic mass is 9.82. The van der Waals surface area contributed by atoms with Gasteiger partial charge in [0.15, 0.2) is 23.0 Å². The number of allylic oxidation sites excluding steroid dienone is 2. The maximum Gasteiger partial charge on any atom is 0.208 e. The normalized spacial score (nSPS) is 12.4. The van der Waals surface area contributed by atoms with Gasteiger partial charge in [0.05, 0.1) is 5.56 Å². The third kappa shape index (κ3) is 5.73. The van der Waals surface area contributed by atoms with E-state index in [2.05, 4.69) is 6.58 Å². The van der Waals surface area contributed by atoms with Crippen molar-refractivity contribution in [2.45, 2.75) is 13.3 Å². The Morgan fingerprint density at radius 2 is 1.11 bits per heavy atom. The average Bonchev–Trinajstić information content (AvgIpc) is 3.54. The predicted molar refractivity (Wildman–Crippen MR) is 241 cm³/mol. The summed E-state index contributed by atoms with van der Waals surface area (Å²) in [6.45, 7) is 6.17. The Labute approximate surface area is 349 Å². The van der Waals surface area contributed by atoms with Crippen molar-refractivity contribution in [1.29, 1.82) is 0 Å². The highest BCUT2D eigenvalue weighted by Crippen LogP contribution is 2.56. The molecule has 8 aromatic rings. The van der Waals surface area contributed by atoms with Gasteiger partial charge < -0.3 is 50.4 Å². The van der Waals surface area contributed by atoms with Crippen LogP contribution < -0.4 is 5.46 Å². The molecular weight excluding hydrogens is 771 g/mol. The fourth-order valence-corrected chi connectivity index (χ4v) is 8.75. The Kier molecular flexibility index (Phi) is 8.98. The molecular formula is C50H37BO10. The molecule has 0 saturated heterocycles. The smallest absolute Gasteiger partial charge is 0.208 e. The van der Waals surface area contributed by atoms with E-state index < -0.39 is 51.7 Å². The van der Waals surface area contributed by atoms with Gasteiger partial charge in [-0.1, -0.05) is 97.6 Å². The van der Waals surface area contributed by atoms with Crippen LogP contribution in [0.15, 0.2) is 108 Å². The number of phenols is 9. The van der Waals surface area contributed by atoms with Crippen molar-refractivity contribution >= 4 is 58.9 Å². The van der Waals surface area contributed by atoms with Crippen LogP contribution in [0.2, 0.25) is 0 Å². The standard InChI is InChI=1S/C50H37BO10/c1-3-10-30-28(4-2)36(31-15-7-8-16-32(31)37(30)24-12-9-13-25(20-24)39-42(53)46(57)49(60)47(58)43(39)54)26-17-18-35-33(21-26)34-22-27(19-23-11-5-6-14-29(23)50(34)61-35)38-40(51)44(55)48(59)45(56)41(38)52/h3-18,20-22,52-60H,2,19,51H2,1H3/b10-3-. The number of aromatic hydroxyl groups is 9. The van der Waals surface area contributed by atoms with Crippen molar-refractivity contribution in [1.82, 2.24) is 0 Å². The van der Waals surface area contributed by atoms with Gasteiger partial charge in [0.2, 0.25) is 28.7 Å². The summed E-state index contributed by atoms with van der Waals surface area (Å²) >= 11 is 0. The minimum atomic E-state index is -1.04. The molecule has 1 aliphatic carbocycles. The van der Waals surface area contributed by atoms with Crippen LogP contribution >= 0.6 is 0 Å². The van der Waals surface area contributed by atoms with Gasteiger partial charge in [-0.2, -0.15) is 0 Å². The molecule has 0 bridgehead atoms. The molecule has 0 amide bonds. The Morgan fingerprint density at radius 3 is 1.77 bits per heavy atom. The highest BCUT2D eigenvalue weighted by molar-refractivity contribution is 6.38. The summed E-state index contributed by atoms with van der Waals surface area (Å²) in [6, 6.07) is 28.5. The molecule has 300 valence electrons. The summed E-state index contributed by atoms with van der Waals surface area (Å²) in [7, 11) is 1.56. The molecule has 1 heterocycles. The molecule has 1 aliphatic rings. The largest absolute Gasteiger partial charge is 0.505 e. The molecule has 1 aromatic heterocycles. The molecule has 0 saturated carbocycles. The van der Waals surface area contributed by atoms with E-state index in [4.69, 9.17) is 4.42 Å². The van der Waals surface area contributed by atoms with E-state index in [1.807, 2.05) is 97.9 Å². The van der Waals surface area contributed by atoms with Gasteiger partial charge in [0.25, 0.3) is 0 Å². The molecule has 0 unspecified atom stereocenters. The predicted octanol–water partition coefficient (Wildman–Crippen LogP) is 9.64. The lowest BCUT2D eigenvalue weighted by molar-refractivity contribution is 0.330. The molecule has 9 N–H and O–H groups in total. The number of fused-ring (bicyclic) bond motifs is 6. The van der Waals surface area contributed by atoms with E-state index in [1.165, 1.54) is 0 Å². The molecule has 11 heteroatoms. The quantitative estimate of drug-likeness (QED) is 0.0443. The van der Waals surface area contributed by atoms with E-state index in [1.54, 1.807) is 32.1 Å². The van der Waals surface area contributed by atoms with E-state index in [-0.39, 0.29) is 22.2 Å². The van der Waals surface area contributed by atoms with E-state index in [0.717, 1.165) is 55.1 Å². The number of benzene rings is 7.